The molecule has 14 heteroatoms. The number of hydrogen-bond donors (Lipinski definition) is 1. The topological polar surface area (TPSA) is 102 Å². The van der Waals surface area contributed by atoms with Gasteiger partial charge in [0.2, 0.25) is 0 Å². The predicted octanol–water partition coefficient (Wildman–Crippen LogP) is 8.60. The van der Waals surface area contributed by atoms with Crippen LogP contribution in [0.25, 0.3) is 6.08 Å². The first kappa shape index (κ1) is 48.7. The molecule has 4 unspecified atom stereocenters. The van der Waals surface area contributed by atoms with Gasteiger partial charge >= 0.3 is 12.1 Å². The van der Waals surface area contributed by atoms with E-state index in [0.29, 0.717) is 11.3 Å². The third-order valence-corrected chi connectivity index (χ3v) is 17.0. The number of carbonyl (C=O) groups is 1. The van der Waals surface area contributed by atoms with E-state index in [-0.39, 0.29) is 31.1 Å². The molecule has 0 aromatic heterocycles. The normalized spacial score (nSPS) is 18.6. The summed E-state index contributed by atoms with van der Waals surface area (Å²) in [5.41, 5.74) is 0.593. The second kappa shape index (κ2) is 20.3. The lowest BCUT2D eigenvalue weighted by atomic mass is 10.0. The van der Waals surface area contributed by atoms with Gasteiger partial charge in [-0.05, 0) is 60.3 Å². The minimum Gasteiger partial charge on any atom is -0.497 e. The molecule has 1 aliphatic heterocycles. The highest BCUT2D eigenvalue weighted by Gasteiger charge is 2.54. The maximum Gasteiger partial charge on any atom is 0.404 e. The van der Waals surface area contributed by atoms with Crippen LogP contribution >= 0.6 is 0 Å². The predicted molar refractivity (Wildman–Crippen MR) is 233 cm³/mol. The zero-order valence-corrected chi connectivity index (χ0v) is 38.6. The Hall–Kier alpha value is -3.95. The van der Waals surface area contributed by atoms with Crippen molar-refractivity contribution < 1.29 is 55.9 Å². The highest BCUT2D eigenvalue weighted by Crippen LogP contribution is 2.41. The molecule has 5 atom stereocenters. The molecule has 1 heterocycles. The summed E-state index contributed by atoms with van der Waals surface area (Å²) < 4.78 is 86.0. The number of rotatable bonds is 17. The lowest BCUT2D eigenvalue weighted by Gasteiger charge is -2.45. The van der Waals surface area contributed by atoms with Crippen LogP contribution in [0.3, 0.4) is 0 Å². The molecule has 1 saturated heterocycles. The SMILES string of the molecule is COCOc1cc(OC)cc(C=CC[C@@H]2OC(C)(C)OC2C(O)C#CC(C(C)O[Si](c2ccccc2)(c2ccccc2)C(C)(C)C)C(F)(F)F)c1C(=O)OCC[Si](C)(C)C. The number of ether oxygens (including phenoxy) is 6. The molecule has 3 aromatic carbocycles. The molecule has 3 aromatic rings. The van der Waals surface area contributed by atoms with E-state index in [1.807, 2.05) is 81.4 Å². The van der Waals surface area contributed by atoms with Crippen molar-refractivity contribution in [2.75, 3.05) is 27.6 Å². The Bertz CT molecular complexity index is 1910. The van der Waals surface area contributed by atoms with Gasteiger partial charge in [0.25, 0.3) is 8.32 Å². The molecule has 1 aliphatic rings. The lowest BCUT2D eigenvalue weighted by molar-refractivity contribution is -0.177. The van der Waals surface area contributed by atoms with Gasteiger partial charge in [0.05, 0.1) is 25.9 Å². The molecule has 9 nitrogen and oxygen atoms in total. The highest BCUT2D eigenvalue weighted by atomic mass is 28.4. The molecule has 0 aliphatic carbocycles. The average Bonchev–Trinajstić information content (AvgIpc) is 3.48. The number of aliphatic hydroxyl groups excluding tert-OH is 1. The second-order valence-corrected chi connectivity index (χ2v) is 27.5. The van der Waals surface area contributed by atoms with Gasteiger partial charge in [-0.25, -0.2) is 4.79 Å². The Labute approximate surface area is 355 Å². The van der Waals surface area contributed by atoms with Crippen LogP contribution in [0.4, 0.5) is 13.2 Å². The van der Waals surface area contributed by atoms with Crippen LogP contribution in [0.5, 0.6) is 11.5 Å². The number of halogens is 3. The first-order valence-corrected chi connectivity index (χ1v) is 25.7. The number of hydrogen-bond acceptors (Lipinski definition) is 9. The molecule has 0 amide bonds. The average molecular weight is 871 g/mol. The number of esters is 1. The maximum atomic E-state index is 15.0. The fraction of sp³-hybridized carbons (Fsp3) is 0.500. The van der Waals surface area contributed by atoms with Gasteiger partial charge in [0.15, 0.2) is 12.6 Å². The molecule has 0 bridgehead atoms. The minimum absolute atomic E-state index is 0.131. The van der Waals surface area contributed by atoms with Crippen LogP contribution in [0, 0.1) is 17.8 Å². The third-order valence-electron chi connectivity index (χ3n) is 10.2. The van der Waals surface area contributed by atoms with Gasteiger partial charge in [-0.1, -0.05) is 125 Å². The van der Waals surface area contributed by atoms with Gasteiger partial charge in [-0.3, -0.25) is 0 Å². The smallest absolute Gasteiger partial charge is 0.404 e. The van der Waals surface area contributed by atoms with Crippen LogP contribution in [0.1, 0.15) is 63.9 Å². The summed E-state index contributed by atoms with van der Waals surface area (Å²) in [7, 11) is -1.94. The maximum absolute atomic E-state index is 15.0. The summed E-state index contributed by atoms with van der Waals surface area (Å²) in [6.07, 6.45) is -6.27. The van der Waals surface area contributed by atoms with Gasteiger partial charge < -0.3 is 38.0 Å². The van der Waals surface area contributed by atoms with Crippen molar-refractivity contribution in [1.82, 2.24) is 0 Å². The van der Waals surface area contributed by atoms with Gasteiger partial charge in [-0.15, -0.1) is 0 Å². The Morgan fingerprint density at radius 3 is 2.07 bits per heavy atom. The van der Waals surface area contributed by atoms with Crippen LogP contribution in [0.2, 0.25) is 30.7 Å². The number of benzene rings is 3. The molecular formula is C46H61F3O9Si2. The fourth-order valence-electron chi connectivity index (χ4n) is 7.24. The highest BCUT2D eigenvalue weighted by molar-refractivity contribution is 6.99. The zero-order chi connectivity index (χ0) is 44.5. The van der Waals surface area contributed by atoms with Gasteiger partial charge in [0.1, 0.15) is 35.2 Å². The third kappa shape index (κ3) is 12.6. The van der Waals surface area contributed by atoms with E-state index < -0.39 is 69.7 Å². The standard InChI is InChI=1S/C46H61F3O9Si2/c1-32(58-60(44(2,3)4,35-20-14-12-15-21-35)36-22-16-13-17-23-36)37(46(47,48)49)25-26-38(50)42-39(56-45(5,6)57-42)24-18-19-33-29-34(53-8)30-40(55-31-52-7)41(33)43(51)54-27-28-59(9,10)11/h12-23,29-30,32,37-39,42,50H,24,27-28,31H2,1-11H3/t32?,37?,38?,39-,42?/m0/s1. The Morgan fingerprint density at radius 2 is 1.55 bits per heavy atom. The van der Waals surface area contributed by atoms with E-state index in [1.54, 1.807) is 38.1 Å². The number of aliphatic hydroxyl groups is 1. The van der Waals surface area contributed by atoms with Crippen molar-refractivity contribution in [2.24, 2.45) is 5.92 Å². The van der Waals surface area contributed by atoms with E-state index in [0.717, 1.165) is 16.4 Å². The molecule has 0 spiro atoms. The molecular weight excluding hydrogens is 810 g/mol. The van der Waals surface area contributed by atoms with Crippen LogP contribution in [-0.4, -0.2) is 91.5 Å². The molecule has 4 rings (SSSR count). The molecule has 0 saturated carbocycles. The van der Waals surface area contributed by atoms with Crippen molar-refractivity contribution >= 4 is 38.8 Å². The molecule has 1 N–H and O–H groups in total. The van der Waals surface area contributed by atoms with Crippen LogP contribution in [-0.2, 0) is 23.4 Å². The van der Waals surface area contributed by atoms with Gasteiger partial charge in [0, 0.05) is 21.3 Å². The van der Waals surface area contributed by atoms with Crippen LogP contribution < -0.4 is 19.8 Å². The molecule has 0 radical (unpaired) electrons. The van der Waals surface area contributed by atoms with Crippen molar-refractivity contribution in [1.29, 1.82) is 0 Å². The number of methoxy groups -OCH3 is 2. The van der Waals surface area contributed by atoms with Gasteiger partial charge in [-0.2, -0.15) is 13.2 Å². The number of alkyl halides is 3. The quantitative estimate of drug-likeness (QED) is 0.0619. The van der Waals surface area contributed by atoms with Crippen LogP contribution in [0.15, 0.2) is 78.9 Å². The summed E-state index contributed by atoms with van der Waals surface area (Å²) in [5.74, 6) is 1.44. The Morgan fingerprint density at radius 1 is 0.950 bits per heavy atom. The molecule has 60 heavy (non-hydrogen) atoms. The van der Waals surface area contributed by atoms with E-state index in [2.05, 4.69) is 31.5 Å². The first-order valence-electron chi connectivity index (χ1n) is 20.1. The van der Waals surface area contributed by atoms with Crippen molar-refractivity contribution in [3.05, 3.63) is 90.0 Å². The monoisotopic (exact) mass is 870 g/mol. The second-order valence-electron chi connectivity index (χ2n) is 17.6. The Balaban J connectivity index is 1.64. The summed E-state index contributed by atoms with van der Waals surface area (Å²) in [5, 5.41) is 12.5. The van der Waals surface area contributed by atoms with E-state index in [4.69, 9.17) is 32.8 Å². The fourth-order valence-corrected chi connectivity index (χ4v) is 12.7. The molecule has 1 fully saturated rings. The zero-order valence-electron chi connectivity index (χ0n) is 36.6. The first-order chi connectivity index (χ1) is 28.0. The number of carbonyl (C=O) groups excluding carboxylic acids is 1. The van der Waals surface area contributed by atoms with Crippen molar-refractivity contribution in [3.8, 4) is 23.3 Å². The summed E-state index contributed by atoms with van der Waals surface area (Å²) in [6, 6.07) is 22.8. The summed E-state index contributed by atoms with van der Waals surface area (Å²) in [6.45, 7) is 17.3. The van der Waals surface area contributed by atoms with E-state index in [9.17, 15) is 23.1 Å². The van der Waals surface area contributed by atoms with Crippen molar-refractivity contribution in [3.63, 3.8) is 0 Å². The van der Waals surface area contributed by atoms with E-state index >= 15 is 0 Å². The summed E-state index contributed by atoms with van der Waals surface area (Å²) in [4.78, 5) is 13.5. The largest absolute Gasteiger partial charge is 0.497 e. The Kier molecular flexibility index (Phi) is 16.5. The van der Waals surface area contributed by atoms with E-state index in [1.165, 1.54) is 21.1 Å². The minimum atomic E-state index is -4.79. The summed E-state index contributed by atoms with van der Waals surface area (Å²) >= 11 is 0. The van der Waals surface area contributed by atoms with Crippen molar-refractivity contribution in [2.45, 2.75) is 115 Å². The lowest BCUT2D eigenvalue weighted by Crippen LogP contribution is -2.68. The molecule has 328 valence electrons.